The number of furan rings is 1. The summed E-state index contributed by atoms with van der Waals surface area (Å²) in [6, 6.07) is 1.68. The van der Waals surface area contributed by atoms with Gasteiger partial charge in [-0.3, -0.25) is 9.59 Å². The van der Waals surface area contributed by atoms with Crippen LogP contribution in [0.1, 0.15) is 30.0 Å². The van der Waals surface area contributed by atoms with Gasteiger partial charge in [0.2, 0.25) is 0 Å². The van der Waals surface area contributed by atoms with Crippen LogP contribution in [0.25, 0.3) is 0 Å². The Hall–Kier alpha value is -1.78. The molecule has 1 fully saturated rings. The van der Waals surface area contributed by atoms with Gasteiger partial charge in [0.15, 0.2) is 0 Å². The zero-order valence-electron chi connectivity index (χ0n) is 10.5. The number of hydrogen-bond acceptors (Lipinski definition) is 3. The van der Waals surface area contributed by atoms with Crippen LogP contribution in [0.15, 0.2) is 16.7 Å². The molecular formula is C13H17NO4. The molecule has 1 unspecified atom stereocenters. The number of carboxylic acids is 1. The van der Waals surface area contributed by atoms with Crippen LogP contribution < -0.4 is 0 Å². The Morgan fingerprint density at radius 3 is 2.78 bits per heavy atom. The Morgan fingerprint density at radius 1 is 1.56 bits per heavy atom. The third-order valence-electron chi connectivity index (χ3n) is 3.59. The van der Waals surface area contributed by atoms with E-state index in [0.29, 0.717) is 30.8 Å². The van der Waals surface area contributed by atoms with Gasteiger partial charge in [0.25, 0.3) is 5.91 Å². The van der Waals surface area contributed by atoms with Crippen LogP contribution in [0.2, 0.25) is 0 Å². The highest BCUT2D eigenvalue weighted by Crippen LogP contribution is 2.26. The van der Waals surface area contributed by atoms with Crippen LogP contribution in [0.3, 0.4) is 0 Å². The Labute approximate surface area is 105 Å². The molecule has 0 bridgehead atoms. The predicted molar refractivity (Wildman–Crippen MR) is 64.3 cm³/mol. The summed E-state index contributed by atoms with van der Waals surface area (Å²) in [6.45, 7) is 4.65. The summed E-state index contributed by atoms with van der Waals surface area (Å²) >= 11 is 0. The molecule has 1 aromatic rings. The Kier molecular flexibility index (Phi) is 3.41. The molecule has 1 amide bonds. The van der Waals surface area contributed by atoms with Gasteiger partial charge in [0, 0.05) is 25.4 Å². The molecule has 0 radical (unpaired) electrons. The molecule has 0 saturated carbocycles. The molecule has 98 valence electrons. The lowest BCUT2D eigenvalue weighted by atomic mass is 9.86. The number of rotatable bonds is 4. The lowest BCUT2D eigenvalue weighted by Gasteiger charge is -2.41. The molecule has 0 aliphatic carbocycles. The first-order chi connectivity index (χ1) is 8.54. The van der Waals surface area contributed by atoms with E-state index in [1.807, 2.05) is 6.92 Å². The summed E-state index contributed by atoms with van der Waals surface area (Å²) in [6.07, 6.45) is 2.19. The van der Waals surface area contributed by atoms with E-state index in [2.05, 4.69) is 0 Å². The number of nitrogens with zero attached hydrogens (tertiary/aromatic N) is 1. The summed E-state index contributed by atoms with van der Waals surface area (Å²) in [4.78, 5) is 24.6. The predicted octanol–water partition coefficient (Wildman–Crippen LogP) is 1.63. The fourth-order valence-corrected chi connectivity index (χ4v) is 2.17. The highest BCUT2D eigenvalue weighted by molar-refractivity contribution is 5.95. The molecule has 1 aromatic heterocycles. The minimum atomic E-state index is -0.801. The van der Waals surface area contributed by atoms with Gasteiger partial charge in [-0.25, -0.2) is 0 Å². The minimum absolute atomic E-state index is 0.0587. The van der Waals surface area contributed by atoms with E-state index in [1.165, 1.54) is 6.26 Å². The lowest BCUT2D eigenvalue weighted by Crippen LogP contribution is -2.53. The van der Waals surface area contributed by atoms with Crippen molar-refractivity contribution in [1.29, 1.82) is 0 Å². The average molecular weight is 251 g/mol. The largest absolute Gasteiger partial charge is 0.481 e. The van der Waals surface area contributed by atoms with E-state index in [9.17, 15) is 9.59 Å². The van der Waals surface area contributed by atoms with Gasteiger partial charge in [-0.2, -0.15) is 0 Å². The molecule has 5 nitrogen and oxygen atoms in total. The van der Waals surface area contributed by atoms with Crippen LogP contribution in [0.5, 0.6) is 0 Å². The van der Waals surface area contributed by atoms with Gasteiger partial charge in [0.1, 0.15) is 5.76 Å². The Balaban J connectivity index is 1.96. The molecular weight excluding hydrogens is 234 g/mol. The molecule has 2 heterocycles. The number of carboxylic acid groups (broad SMARTS) is 1. The molecule has 1 saturated heterocycles. The van der Waals surface area contributed by atoms with Crippen molar-refractivity contribution in [3.05, 3.63) is 23.7 Å². The molecule has 18 heavy (non-hydrogen) atoms. The smallest absolute Gasteiger partial charge is 0.306 e. The van der Waals surface area contributed by atoms with Crippen molar-refractivity contribution in [2.75, 3.05) is 13.1 Å². The van der Waals surface area contributed by atoms with E-state index in [4.69, 9.17) is 9.52 Å². The number of aliphatic carboxylic acids is 1. The summed E-state index contributed by atoms with van der Waals surface area (Å²) in [5.41, 5.74) is 0.596. The fourth-order valence-electron chi connectivity index (χ4n) is 2.17. The molecule has 0 aromatic carbocycles. The third kappa shape index (κ3) is 2.12. The normalized spacial score (nSPS) is 17.3. The van der Waals surface area contributed by atoms with Crippen molar-refractivity contribution in [2.24, 2.45) is 11.8 Å². The van der Waals surface area contributed by atoms with Crippen LogP contribution in [0, 0.1) is 11.8 Å². The maximum Gasteiger partial charge on any atom is 0.306 e. The van der Waals surface area contributed by atoms with Gasteiger partial charge >= 0.3 is 5.97 Å². The summed E-state index contributed by atoms with van der Waals surface area (Å²) in [5.74, 6) is -0.513. The van der Waals surface area contributed by atoms with Crippen molar-refractivity contribution in [3.8, 4) is 0 Å². The highest BCUT2D eigenvalue weighted by Gasteiger charge is 2.38. The zero-order valence-corrected chi connectivity index (χ0v) is 10.5. The van der Waals surface area contributed by atoms with Crippen molar-refractivity contribution in [2.45, 2.75) is 20.3 Å². The third-order valence-corrected chi connectivity index (χ3v) is 3.59. The number of hydrogen-bond donors (Lipinski definition) is 1. The maximum absolute atomic E-state index is 12.1. The van der Waals surface area contributed by atoms with E-state index >= 15 is 0 Å². The standard InChI is InChI=1S/C13H17NO4/c1-3-11-10(4-5-18-11)12(15)14-6-9(7-14)8(2)13(16)17/h4-5,8-9H,3,6-7H2,1-2H3,(H,16,17). The molecule has 1 atom stereocenters. The molecule has 2 rings (SSSR count). The summed E-state index contributed by atoms with van der Waals surface area (Å²) in [7, 11) is 0. The average Bonchev–Trinajstić information content (AvgIpc) is 2.74. The number of likely N-dealkylation sites (tertiary alicyclic amines) is 1. The van der Waals surface area contributed by atoms with Gasteiger partial charge in [-0.15, -0.1) is 0 Å². The van der Waals surface area contributed by atoms with Gasteiger partial charge in [0.05, 0.1) is 17.7 Å². The first kappa shape index (κ1) is 12.7. The second kappa shape index (κ2) is 4.84. The second-order valence-corrected chi connectivity index (χ2v) is 4.71. The van der Waals surface area contributed by atoms with Crippen molar-refractivity contribution < 1.29 is 19.1 Å². The first-order valence-corrected chi connectivity index (χ1v) is 6.13. The van der Waals surface area contributed by atoms with Crippen LogP contribution >= 0.6 is 0 Å². The molecule has 5 heteroatoms. The van der Waals surface area contributed by atoms with E-state index in [1.54, 1.807) is 17.9 Å². The van der Waals surface area contributed by atoms with Gasteiger partial charge in [-0.1, -0.05) is 13.8 Å². The van der Waals surface area contributed by atoms with Crippen LogP contribution in [-0.4, -0.2) is 35.0 Å². The summed E-state index contributed by atoms with van der Waals surface area (Å²) in [5, 5.41) is 8.89. The SMILES string of the molecule is CCc1occc1C(=O)N1CC(C(C)C(=O)O)C1. The monoisotopic (exact) mass is 251 g/mol. The molecule has 1 aliphatic rings. The Bertz CT molecular complexity index is 459. The summed E-state index contributed by atoms with van der Waals surface area (Å²) < 4.78 is 5.22. The lowest BCUT2D eigenvalue weighted by molar-refractivity contribution is -0.144. The zero-order chi connectivity index (χ0) is 13.3. The number of amides is 1. The highest BCUT2D eigenvalue weighted by atomic mass is 16.4. The van der Waals surface area contributed by atoms with Crippen molar-refractivity contribution in [3.63, 3.8) is 0 Å². The fraction of sp³-hybridized carbons (Fsp3) is 0.538. The molecule has 1 N–H and O–H groups in total. The van der Waals surface area contributed by atoms with Crippen LogP contribution in [0.4, 0.5) is 0 Å². The molecule has 1 aliphatic heterocycles. The quantitative estimate of drug-likeness (QED) is 0.883. The maximum atomic E-state index is 12.1. The van der Waals surface area contributed by atoms with E-state index in [0.717, 1.165) is 0 Å². The molecule has 0 spiro atoms. The number of carbonyl (C=O) groups is 2. The second-order valence-electron chi connectivity index (χ2n) is 4.71. The van der Waals surface area contributed by atoms with Crippen molar-refractivity contribution in [1.82, 2.24) is 4.90 Å². The van der Waals surface area contributed by atoms with Gasteiger partial charge < -0.3 is 14.4 Å². The minimum Gasteiger partial charge on any atom is -0.481 e. The topological polar surface area (TPSA) is 70.8 Å². The van der Waals surface area contributed by atoms with E-state index < -0.39 is 11.9 Å². The van der Waals surface area contributed by atoms with Gasteiger partial charge in [-0.05, 0) is 6.07 Å². The van der Waals surface area contributed by atoms with Crippen LogP contribution in [-0.2, 0) is 11.2 Å². The van der Waals surface area contributed by atoms with E-state index in [-0.39, 0.29) is 11.8 Å². The number of aryl methyl sites for hydroxylation is 1. The van der Waals surface area contributed by atoms with Crippen molar-refractivity contribution >= 4 is 11.9 Å². The number of carbonyl (C=O) groups excluding carboxylic acids is 1. The first-order valence-electron chi connectivity index (χ1n) is 6.13. The Morgan fingerprint density at radius 2 is 2.22 bits per heavy atom.